The predicted molar refractivity (Wildman–Crippen MR) is 55.9 cm³/mol. The molecule has 0 rings (SSSR count). The quantitative estimate of drug-likeness (QED) is 0.576. The summed E-state index contributed by atoms with van der Waals surface area (Å²) in [5, 5.41) is -0.142. The summed E-state index contributed by atoms with van der Waals surface area (Å²) < 4.78 is 33.9. The number of alkyl halides is 1. The summed E-state index contributed by atoms with van der Waals surface area (Å²) in [7, 11) is -4.40. The van der Waals surface area contributed by atoms with Crippen LogP contribution in [0, 0.1) is 0 Å². The molecule has 0 aliphatic rings. The van der Waals surface area contributed by atoms with Gasteiger partial charge in [0.1, 0.15) is 0 Å². The number of rotatable bonds is 6. The SMILES string of the molecule is CCCC(Cl)CC(C)(C)OS(=O)(=O)O. The molecule has 0 bridgehead atoms. The molecule has 0 saturated heterocycles. The molecule has 0 aromatic rings. The van der Waals surface area contributed by atoms with Crippen LogP contribution in [0.25, 0.3) is 0 Å². The Kier molecular flexibility index (Phi) is 5.36. The van der Waals surface area contributed by atoms with Gasteiger partial charge in [-0.2, -0.15) is 8.42 Å². The minimum absolute atomic E-state index is 0.142. The molecule has 1 atom stereocenters. The Hall–Kier alpha value is 0.160. The van der Waals surface area contributed by atoms with Gasteiger partial charge in [-0.05, 0) is 26.7 Å². The molecule has 6 heteroatoms. The Morgan fingerprint density at radius 3 is 2.36 bits per heavy atom. The van der Waals surface area contributed by atoms with Gasteiger partial charge < -0.3 is 0 Å². The van der Waals surface area contributed by atoms with Gasteiger partial charge in [-0.3, -0.25) is 4.55 Å². The molecule has 1 unspecified atom stereocenters. The van der Waals surface area contributed by atoms with Crippen molar-refractivity contribution in [1.82, 2.24) is 0 Å². The highest BCUT2D eigenvalue weighted by Gasteiger charge is 2.28. The fourth-order valence-corrected chi connectivity index (χ4v) is 2.50. The molecule has 0 radical (unpaired) electrons. The highest BCUT2D eigenvalue weighted by Crippen LogP contribution is 2.24. The first kappa shape index (κ1) is 14.2. The third-order valence-electron chi connectivity index (χ3n) is 1.65. The van der Waals surface area contributed by atoms with E-state index >= 15 is 0 Å². The summed E-state index contributed by atoms with van der Waals surface area (Å²) in [6.45, 7) is 5.14. The number of hydrogen-bond acceptors (Lipinski definition) is 3. The summed E-state index contributed by atoms with van der Waals surface area (Å²) in [5.74, 6) is 0. The normalized spacial score (nSPS) is 15.5. The van der Waals surface area contributed by atoms with Gasteiger partial charge in [0.2, 0.25) is 0 Å². The molecule has 0 amide bonds. The van der Waals surface area contributed by atoms with Gasteiger partial charge >= 0.3 is 10.4 Å². The highest BCUT2D eigenvalue weighted by atomic mass is 35.5. The second kappa shape index (κ2) is 5.30. The zero-order valence-electron chi connectivity index (χ0n) is 8.66. The molecular formula is C8H17ClO4S. The minimum atomic E-state index is -4.40. The molecule has 0 aliphatic carbocycles. The van der Waals surface area contributed by atoms with E-state index < -0.39 is 16.0 Å². The average molecular weight is 245 g/mol. The molecule has 0 spiro atoms. The van der Waals surface area contributed by atoms with E-state index in [0.717, 1.165) is 12.8 Å². The maximum Gasteiger partial charge on any atom is 0.397 e. The first-order valence-corrected chi connectivity index (χ1v) is 6.28. The van der Waals surface area contributed by atoms with Crippen LogP contribution in [-0.4, -0.2) is 23.9 Å². The van der Waals surface area contributed by atoms with Crippen molar-refractivity contribution in [3.63, 3.8) is 0 Å². The van der Waals surface area contributed by atoms with Crippen molar-refractivity contribution in [1.29, 1.82) is 0 Å². The zero-order valence-corrected chi connectivity index (χ0v) is 10.2. The summed E-state index contributed by atoms with van der Waals surface area (Å²) in [6, 6.07) is 0. The van der Waals surface area contributed by atoms with Crippen LogP contribution in [0.5, 0.6) is 0 Å². The van der Waals surface area contributed by atoms with Crippen molar-refractivity contribution in [2.24, 2.45) is 0 Å². The summed E-state index contributed by atoms with van der Waals surface area (Å²) in [5.41, 5.74) is -0.963. The molecule has 0 heterocycles. The van der Waals surface area contributed by atoms with Crippen LogP contribution < -0.4 is 0 Å². The molecule has 1 N–H and O–H groups in total. The molecule has 0 fully saturated rings. The van der Waals surface area contributed by atoms with E-state index in [9.17, 15) is 8.42 Å². The van der Waals surface area contributed by atoms with Crippen LogP contribution in [0.4, 0.5) is 0 Å². The van der Waals surface area contributed by atoms with Crippen molar-refractivity contribution in [2.75, 3.05) is 0 Å². The third kappa shape index (κ3) is 7.55. The van der Waals surface area contributed by atoms with E-state index in [1.54, 1.807) is 13.8 Å². The van der Waals surface area contributed by atoms with Crippen molar-refractivity contribution in [2.45, 2.75) is 51.0 Å². The molecule has 0 aromatic carbocycles. The van der Waals surface area contributed by atoms with Gasteiger partial charge in [0, 0.05) is 5.38 Å². The fourth-order valence-electron chi connectivity index (χ4n) is 1.27. The average Bonchev–Trinajstić information content (AvgIpc) is 1.78. The lowest BCUT2D eigenvalue weighted by Crippen LogP contribution is -2.30. The smallest absolute Gasteiger partial charge is 0.264 e. The van der Waals surface area contributed by atoms with Gasteiger partial charge in [-0.1, -0.05) is 13.3 Å². The highest BCUT2D eigenvalue weighted by molar-refractivity contribution is 7.80. The van der Waals surface area contributed by atoms with Crippen LogP contribution in [-0.2, 0) is 14.6 Å². The Bertz CT molecular complexity index is 261. The van der Waals surface area contributed by atoms with Gasteiger partial charge in [-0.15, -0.1) is 11.6 Å². The van der Waals surface area contributed by atoms with Crippen molar-refractivity contribution >= 4 is 22.0 Å². The van der Waals surface area contributed by atoms with Crippen LogP contribution in [0.3, 0.4) is 0 Å². The lowest BCUT2D eigenvalue weighted by atomic mass is 10.0. The van der Waals surface area contributed by atoms with E-state index in [2.05, 4.69) is 4.18 Å². The number of halogens is 1. The molecular weight excluding hydrogens is 228 g/mol. The van der Waals surface area contributed by atoms with Gasteiger partial charge in [0.25, 0.3) is 0 Å². The van der Waals surface area contributed by atoms with E-state index in [-0.39, 0.29) is 5.38 Å². The zero-order chi connectivity index (χ0) is 11.4. The fraction of sp³-hybridized carbons (Fsp3) is 1.00. The molecule has 0 aliphatic heterocycles. The summed E-state index contributed by atoms with van der Waals surface area (Å²) in [6.07, 6.45) is 2.10. The van der Waals surface area contributed by atoms with Crippen LogP contribution in [0.1, 0.15) is 40.0 Å². The molecule has 4 nitrogen and oxygen atoms in total. The maximum atomic E-state index is 10.5. The second-order valence-corrected chi connectivity index (χ2v) is 5.50. The molecule has 14 heavy (non-hydrogen) atoms. The Balaban J connectivity index is 4.20. The third-order valence-corrected chi connectivity index (χ3v) is 2.68. The lowest BCUT2D eigenvalue weighted by Gasteiger charge is -2.24. The van der Waals surface area contributed by atoms with Crippen molar-refractivity contribution in [3.05, 3.63) is 0 Å². The van der Waals surface area contributed by atoms with Crippen LogP contribution in [0.15, 0.2) is 0 Å². The summed E-state index contributed by atoms with van der Waals surface area (Å²) in [4.78, 5) is 0. The first-order chi connectivity index (χ1) is 6.16. The monoisotopic (exact) mass is 244 g/mol. The maximum absolute atomic E-state index is 10.5. The van der Waals surface area contributed by atoms with E-state index in [1.165, 1.54) is 0 Å². The molecule has 86 valence electrons. The number of hydrogen-bond donors (Lipinski definition) is 1. The second-order valence-electron chi connectivity index (χ2n) is 3.86. The van der Waals surface area contributed by atoms with Gasteiger partial charge in [-0.25, -0.2) is 4.18 Å². The van der Waals surface area contributed by atoms with Gasteiger partial charge in [0.15, 0.2) is 0 Å². The van der Waals surface area contributed by atoms with Gasteiger partial charge in [0.05, 0.1) is 5.60 Å². The lowest BCUT2D eigenvalue weighted by molar-refractivity contribution is 0.0890. The summed E-state index contributed by atoms with van der Waals surface area (Å²) >= 11 is 5.94. The Labute approximate surface area is 90.5 Å². The van der Waals surface area contributed by atoms with E-state index in [1.807, 2.05) is 6.92 Å². The Morgan fingerprint density at radius 1 is 1.50 bits per heavy atom. The van der Waals surface area contributed by atoms with Crippen molar-refractivity contribution < 1.29 is 17.2 Å². The molecule has 0 saturated carbocycles. The molecule has 0 aromatic heterocycles. The van der Waals surface area contributed by atoms with Crippen molar-refractivity contribution in [3.8, 4) is 0 Å². The van der Waals surface area contributed by atoms with Crippen LogP contribution in [0.2, 0.25) is 0 Å². The largest absolute Gasteiger partial charge is 0.397 e. The Morgan fingerprint density at radius 2 is 2.00 bits per heavy atom. The topological polar surface area (TPSA) is 63.6 Å². The van der Waals surface area contributed by atoms with E-state index in [0.29, 0.717) is 6.42 Å². The first-order valence-electron chi connectivity index (χ1n) is 4.48. The van der Waals surface area contributed by atoms with E-state index in [4.69, 9.17) is 16.2 Å². The minimum Gasteiger partial charge on any atom is -0.264 e. The predicted octanol–water partition coefficient (Wildman–Crippen LogP) is 2.38. The standard InChI is InChI=1S/C8H17ClO4S/c1-4-5-7(9)6-8(2,3)13-14(10,11)12/h7H,4-6H2,1-3H3,(H,10,11,12). The van der Waals surface area contributed by atoms with Crippen LogP contribution >= 0.6 is 11.6 Å².